The molecule has 0 aliphatic heterocycles. The second-order valence-corrected chi connectivity index (χ2v) is 7.15. The van der Waals surface area contributed by atoms with Gasteiger partial charge in [-0.1, -0.05) is 12.1 Å². The maximum Gasteiger partial charge on any atom is 0.313 e. The van der Waals surface area contributed by atoms with Gasteiger partial charge in [-0.15, -0.1) is 0 Å². The number of hydrogen-bond acceptors (Lipinski definition) is 5. The van der Waals surface area contributed by atoms with Crippen LogP contribution in [0.15, 0.2) is 54.7 Å². The molecule has 3 rings (SSSR count). The Balaban J connectivity index is 1.81. The molecular weight excluding hydrogens is 354 g/mol. The molecule has 2 aromatic heterocycles. The summed E-state index contributed by atoms with van der Waals surface area (Å²) in [6.45, 7) is 7.20. The molecule has 28 heavy (non-hydrogen) atoms. The Labute approximate surface area is 164 Å². The van der Waals surface area contributed by atoms with Gasteiger partial charge in [0.25, 0.3) is 0 Å². The molecule has 0 fully saturated rings. The van der Waals surface area contributed by atoms with E-state index in [2.05, 4.69) is 15.3 Å². The Morgan fingerprint density at radius 1 is 1.11 bits per heavy atom. The zero-order valence-corrected chi connectivity index (χ0v) is 16.4. The van der Waals surface area contributed by atoms with Crippen LogP contribution in [-0.2, 0) is 10.2 Å². The molecule has 2 N–H and O–H groups in total. The van der Waals surface area contributed by atoms with Crippen molar-refractivity contribution < 1.29 is 14.6 Å². The fraction of sp³-hybridized carbons (Fsp3) is 0.227. The summed E-state index contributed by atoms with van der Waals surface area (Å²) >= 11 is 0. The lowest BCUT2D eigenvalue weighted by atomic mass is 9.84. The van der Waals surface area contributed by atoms with Crippen molar-refractivity contribution in [2.75, 3.05) is 5.32 Å². The molecule has 0 amide bonds. The van der Waals surface area contributed by atoms with Gasteiger partial charge in [0.15, 0.2) is 0 Å². The molecule has 0 unspecified atom stereocenters. The second kappa shape index (κ2) is 7.68. The zero-order chi connectivity index (χ0) is 20.3. The molecule has 0 spiro atoms. The Morgan fingerprint density at radius 3 is 2.61 bits per heavy atom. The summed E-state index contributed by atoms with van der Waals surface area (Å²) in [4.78, 5) is 20.2. The summed E-state index contributed by atoms with van der Waals surface area (Å²) < 4.78 is 5.93. The van der Waals surface area contributed by atoms with E-state index in [-0.39, 0.29) is 0 Å². The predicted octanol–water partition coefficient (Wildman–Crippen LogP) is 4.99. The maximum absolute atomic E-state index is 11.5. The fourth-order valence-corrected chi connectivity index (χ4v) is 2.71. The Kier molecular flexibility index (Phi) is 5.31. The van der Waals surface area contributed by atoms with Crippen molar-refractivity contribution in [2.24, 2.45) is 0 Å². The molecule has 0 saturated carbocycles. The number of rotatable bonds is 6. The number of nitrogens with one attached hydrogen (secondary N) is 1. The minimum atomic E-state index is -0.980. The molecule has 0 aliphatic rings. The second-order valence-electron chi connectivity index (χ2n) is 7.15. The van der Waals surface area contributed by atoms with E-state index < -0.39 is 11.4 Å². The van der Waals surface area contributed by atoms with E-state index in [9.17, 15) is 9.90 Å². The van der Waals surface area contributed by atoms with Crippen LogP contribution in [0.3, 0.4) is 0 Å². The van der Waals surface area contributed by atoms with Crippen LogP contribution in [0.25, 0.3) is 0 Å². The van der Waals surface area contributed by atoms with Gasteiger partial charge in [0, 0.05) is 23.6 Å². The van der Waals surface area contributed by atoms with Gasteiger partial charge in [-0.25, -0.2) is 4.98 Å². The standard InChI is InChI=1S/C22H23N3O3/c1-14-8-9-19(15(2)24-14)28-18-10-11-23-20(13-18)25-17-7-5-6-16(12-17)22(3,4)21(26)27/h5-13H,1-4H3,(H,23,25)(H,26,27). The molecule has 2 heterocycles. The highest BCUT2D eigenvalue weighted by atomic mass is 16.5. The van der Waals surface area contributed by atoms with Crippen molar-refractivity contribution in [3.63, 3.8) is 0 Å². The lowest BCUT2D eigenvalue weighted by molar-refractivity contribution is -0.142. The minimum Gasteiger partial charge on any atom is -0.481 e. The Bertz CT molecular complexity index is 1020. The van der Waals surface area contributed by atoms with Crippen molar-refractivity contribution in [1.82, 2.24) is 9.97 Å². The summed E-state index contributed by atoms with van der Waals surface area (Å²) in [5, 5.41) is 12.6. The van der Waals surface area contributed by atoms with E-state index in [1.54, 1.807) is 38.2 Å². The van der Waals surface area contributed by atoms with Crippen LogP contribution in [0, 0.1) is 13.8 Å². The van der Waals surface area contributed by atoms with Crippen molar-refractivity contribution >= 4 is 17.5 Å². The van der Waals surface area contributed by atoms with Gasteiger partial charge < -0.3 is 15.2 Å². The van der Waals surface area contributed by atoms with Crippen molar-refractivity contribution in [3.8, 4) is 11.5 Å². The van der Waals surface area contributed by atoms with Gasteiger partial charge in [0.2, 0.25) is 0 Å². The first-order valence-electron chi connectivity index (χ1n) is 8.95. The van der Waals surface area contributed by atoms with Crippen LogP contribution >= 0.6 is 0 Å². The number of ether oxygens (including phenoxy) is 1. The third-order valence-electron chi connectivity index (χ3n) is 4.53. The lowest BCUT2D eigenvalue weighted by Crippen LogP contribution is -2.28. The number of aromatic nitrogens is 2. The van der Waals surface area contributed by atoms with Gasteiger partial charge in [-0.2, -0.15) is 0 Å². The number of pyridine rings is 2. The quantitative estimate of drug-likeness (QED) is 0.629. The number of aryl methyl sites for hydroxylation is 2. The molecule has 6 heteroatoms. The zero-order valence-electron chi connectivity index (χ0n) is 16.4. The summed E-state index contributed by atoms with van der Waals surface area (Å²) in [5.74, 6) is 1.04. The van der Waals surface area contributed by atoms with E-state index in [1.807, 2.05) is 44.2 Å². The molecule has 3 aromatic rings. The summed E-state index contributed by atoms with van der Waals surface area (Å²) in [7, 11) is 0. The predicted molar refractivity (Wildman–Crippen MR) is 108 cm³/mol. The number of carboxylic acid groups (broad SMARTS) is 1. The molecule has 1 aromatic carbocycles. The van der Waals surface area contributed by atoms with E-state index in [0.717, 1.165) is 17.1 Å². The molecule has 0 saturated heterocycles. The highest BCUT2D eigenvalue weighted by Crippen LogP contribution is 2.29. The third-order valence-corrected chi connectivity index (χ3v) is 4.53. The number of hydrogen-bond donors (Lipinski definition) is 2. The molecule has 0 radical (unpaired) electrons. The lowest BCUT2D eigenvalue weighted by Gasteiger charge is -2.20. The monoisotopic (exact) mass is 377 g/mol. The molecule has 144 valence electrons. The van der Waals surface area contributed by atoms with Crippen LogP contribution in [0.1, 0.15) is 30.8 Å². The van der Waals surface area contributed by atoms with Gasteiger partial charge in [0.1, 0.15) is 17.3 Å². The number of nitrogens with zero attached hydrogens (tertiary/aromatic N) is 2. The van der Waals surface area contributed by atoms with Gasteiger partial charge in [-0.05, 0) is 63.6 Å². The summed E-state index contributed by atoms with van der Waals surface area (Å²) in [6, 6.07) is 14.7. The maximum atomic E-state index is 11.5. The van der Waals surface area contributed by atoms with E-state index in [0.29, 0.717) is 22.9 Å². The van der Waals surface area contributed by atoms with Crippen LogP contribution in [0.4, 0.5) is 11.5 Å². The SMILES string of the molecule is Cc1ccc(Oc2ccnc(Nc3cccc(C(C)(C)C(=O)O)c3)c2)c(C)n1. The first-order valence-corrected chi connectivity index (χ1v) is 8.95. The molecular formula is C22H23N3O3. The van der Waals surface area contributed by atoms with Crippen LogP contribution in [0.2, 0.25) is 0 Å². The van der Waals surface area contributed by atoms with E-state index >= 15 is 0 Å². The van der Waals surface area contributed by atoms with Crippen LogP contribution in [-0.4, -0.2) is 21.0 Å². The highest BCUT2D eigenvalue weighted by molar-refractivity contribution is 5.81. The van der Waals surface area contributed by atoms with Crippen LogP contribution < -0.4 is 10.1 Å². The number of benzene rings is 1. The average Bonchev–Trinajstić information content (AvgIpc) is 2.64. The first-order chi connectivity index (χ1) is 13.3. The van der Waals surface area contributed by atoms with Gasteiger partial charge in [0.05, 0.1) is 11.1 Å². The molecule has 6 nitrogen and oxygen atoms in total. The van der Waals surface area contributed by atoms with Crippen molar-refractivity contribution in [3.05, 3.63) is 71.7 Å². The number of anilines is 2. The minimum absolute atomic E-state index is 0.598. The van der Waals surface area contributed by atoms with Crippen molar-refractivity contribution in [2.45, 2.75) is 33.1 Å². The number of carbonyl (C=O) groups is 1. The Hall–Kier alpha value is -3.41. The van der Waals surface area contributed by atoms with Crippen LogP contribution in [0.5, 0.6) is 11.5 Å². The summed E-state index contributed by atoms with van der Waals surface area (Å²) in [6.07, 6.45) is 1.65. The van der Waals surface area contributed by atoms with Gasteiger partial charge in [-0.3, -0.25) is 9.78 Å². The number of carboxylic acids is 1. The largest absolute Gasteiger partial charge is 0.481 e. The smallest absolute Gasteiger partial charge is 0.313 e. The molecule has 0 atom stereocenters. The Morgan fingerprint density at radius 2 is 1.89 bits per heavy atom. The summed E-state index contributed by atoms with van der Waals surface area (Å²) in [5.41, 5.74) is 2.23. The van der Waals surface area contributed by atoms with Crippen molar-refractivity contribution in [1.29, 1.82) is 0 Å². The average molecular weight is 377 g/mol. The fourth-order valence-electron chi connectivity index (χ4n) is 2.71. The topological polar surface area (TPSA) is 84.3 Å². The third kappa shape index (κ3) is 4.28. The number of aliphatic carboxylic acids is 1. The van der Waals surface area contributed by atoms with Gasteiger partial charge >= 0.3 is 5.97 Å². The normalized spacial score (nSPS) is 11.1. The van der Waals surface area contributed by atoms with E-state index in [1.165, 1.54) is 0 Å². The first kappa shape index (κ1) is 19.4. The van der Waals surface area contributed by atoms with E-state index in [4.69, 9.17) is 4.74 Å². The molecule has 0 bridgehead atoms. The highest BCUT2D eigenvalue weighted by Gasteiger charge is 2.29. The molecule has 0 aliphatic carbocycles.